The Morgan fingerprint density at radius 1 is 0.340 bits per heavy atom. The molecule has 248 valence electrons. The van der Waals surface area contributed by atoms with Crippen LogP contribution in [0.2, 0.25) is 0 Å². The van der Waals surface area contributed by atoms with Gasteiger partial charge in [0.25, 0.3) is 0 Å². The van der Waals surface area contributed by atoms with Gasteiger partial charge >= 0.3 is 0 Å². The van der Waals surface area contributed by atoms with Crippen LogP contribution < -0.4 is 4.90 Å². The maximum Gasteiger partial charge on any atom is 0.143 e. The van der Waals surface area contributed by atoms with Gasteiger partial charge in [0, 0.05) is 32.9 Å². The lowest BCUT2D eigenvalue weighted by Crippen LogP contribution is -2.10. The second-order valence-electron chi connectivity index (χ2n) is 13.7. The molecule has 0 aliphatic rings. The van der Waals surface area contributed by atoms with Gasteiger partial charge in [0.1, 0.15) is 22.3 Å². The molecule has 53 heavy (non-hydrogen) atoms. The van der Waals surface area contributed by atoms with Gasteiger partial charge in [0.05, 0.1) is 11.1 Å². The van der Waals surface area contributed by atoms with Crippen LogP contribution in [0.4, 0.5) is 17.1 Å². The van der Waals surface area contributed by atoms with Crippen molar-refractivity contribution in [2.45, 2.75) is 0 Å². The quantitative estimate of drug-likeness (QED) is 0.182. The van der Waals surface area contributed by atoms with E-state index in [1.165, 1.54) is 16.3 Å². The zero-order chi connectivity index (χ0) is 34.9. The summed E-state index contributed by atoms with van der Waals surface area (Å²) in [7, 11) is 0. The summed E-state index contributed by atoms with van der Waals surface area (Å²) < 4.78 is 12.9. The summed E-state index contributed by atoms with van der Waals surface area (Å²) in [5.41, 5.74) is 11.4. The third-order valence-electron chi connectivity index (χ3n) is 10.6. The summed E-state index contributed by atoms with van der Waals surface area (Å²) in [5, 5.41) is 9.15. The Labute approximate surface area is 305 Å². The van der Waals surface area contributed by atoms with E-state index in [2.05, 4.69) is 181 Å². The predicted octanol–water partition coefficient (Wildman–Crippen LogP) is 14.6. The third-order valence-corrected chi connectivity index (χ3v) is 10.6. The van der Waals surface area contributed by atoms with Gasteiger partial charge in [-0.05, 0) is 99.1 Å². The molecule has 0 unspecified atom stereocenters. The van der Waals surface area contributed by atoms with E-state index in [-0.39, 0.29) is 0 Å². The van der Waals surface area contributed by atoms with Gasteiger partial charge in [-0.2, -0.15) is 0 Å². The molecule has 0 saturated carbocycles. The zero-order valence-corrected chi connectivity index (χ0v) is 28.7. The molecule has 0 aliphatic carbocycles. The number of nitrogens with zero attached hydrogens (tertiary/aromatic N) is 1. The van der Waals surface area contributed by atoms with Gasteiger partial charge in [-0.3, -0.25) is 0 Å². The fourth-order valence-corrected chi connectivity index (χ4v) is 8.17. The number of anilines is 3. The highest BCUT2D eigenvalue weighted by Gasteiger charge is 2.21. The van der Waals surface area contributed by atoms with Crippen molar-refractivity contribution < 1.29 is 8.83 Å². The lowest BCUT2D eigenvalue weighted by Gasteiger charge is -2.27. The molecule has 0 fully saturated rings. The number of para-hydroxylation sites is 1. The minimum Gasteiger partial charge on any atom is -0.456 e. The standard InChI is InChI=1S/C50H31NO2/c1-3-18-39-32(11-1)13-9-21-40(39)36-15-8-17-38(30-36)51(45-22-10-24-48-49(45)43-27-25-33-12-2-4-19-41(33)50(43)53-48)37-16-7-14-34(29-37)35-26-28-47-44(31-35)42-20-5-6-23-46(42)52-47/h1-31H. The highest BCUT2D eigenvalue weighted by atomic mass is 16.3. The minimum absolute atomic E-state index is 0.859. The van der Waals surface area contributed by atoms with Crippen LogP contribution in [0.3, 0.4) is 0 Å². The van der Waals surface area contributed by atoms with E-state index in [0.717, 1.165) is 88.4 Å². The largest absolute Gasteiger partial charge is 0.456 e. The van der Waals surface area contributed by atoms with E-state index in [1.807, 2.05) is 12.1 Å². The van der Waals surface area contributed by atoms with Crippen molar-refractivity contribution in [2.75, 3.05) is 4.90 Å². The first kappa shape index (κ1) is 29.6. The number of hydrogen-bond acceptors (Lipinski definition) is 3. The van der Waals surface area contributed by atoms with Crippen molar-refractivity contribution in [3.63, 3.8) is 0 Å². The normalized spacial score (nSPS) is 11.8. The first-order chi connectivity index (χ1) is 26.3. The molecule has 0 N–H and O–H groups in total. The molecule has 9 aromatic carbocycles. The molecule has 0 radical (unpaired) electrons. The molecular weight excluding hydrogens is 647 g/mol. The lowest BCUT2D eigenvalue weighted by molar-refractivity contribution is 0.669. The van der Waals surface area contributed by atoms with Crippen molar-refractivity contribution >= 4 is 82.5 Å². The summed E-state index contributed by atoms with van der Waals surface area (Å²) >= 11 is 0. The molecule has 2 heterocycles. The first-order valence-corrected chi connectivity index (χ1v) is 18.0. The molecule has 0 saturated heterocycles. The smallest absolute Gasteiger partial charge is 0.143 e. The van der Waals surface area contributed by atoms with Crippen LogP contribution in [0.5, 0.6) is 0 Å². The summed E-state index contributed by atoms with van der Waals surface area (Å²) in [5.74, 6) is 0. The van der Waals surface area contributed by atoms with E-state index >= 15 is 0 Å². The lowest BCUT2D eigenvalue weighted by atomic mass is 9.97. The van der Waals surface area contributed by atoms with Crippen molar-refractivity contribution in [3.05, 3.63) is 188 Å². The average Bonchev–Trinajstić information content (AvgIpc) is 3.80. The molecule has 2 aromatic heterocycles. The maximum atomic E-state index is 6.70. The second-order valence-corrected chi connectivity index (χ2v) is 13.7. The van der Waals surface area contributed by atoms with Crippen molar-refractivity contribution in [3.8, 4) is 22.3 Å². The molecule has 0 atom stereocenters. The molecule has 11 aromatic rings. The number of fused-ring (bicyclic) bond motifs is 9. The van der Waals surface area contributed by atoms with Crippen molar-refractivity contribution in [2.24, 2.45) is 0 Å². The van der Waals surface area contributed by atoms with Crippen LogP contribution in [-0.4, -0.2) is 0 Å². The first-order valence-electron chi connectivity index (χ1n) is 18.0. The maximum absolute atomic E-state index is 6.70. The molecule has 0 aliphatic heterocycles. The molecule has 3 nitrogen and oxygen atoms in total. The molecule has 11 rings (SSSR count). The van der Waals surface area contributed by atoms with Gasteiger partial charge in [0.15, 0.2) is 0 Å². The Balaban J connectivity index is 1.15. The highest BCUT2D eigenvalue weighted by molar-refractivity contribution is 6.19. The van der Waals surface area contributed by atoms with E-state index in [1.54, 1.807) is 0 Å². The molecule has 0 spiro atoms. The molecular formula is C50H31NO2. The Morgan fingerprint density at radius 2 is 0.962 bits per heavy atom. The van der Waals surface area contributed by atoms with Crippen LogP contribution in [0.25, 0.3) is 87.7 Å². The SMILES string of the molecule is c1cc(-c2ccc3oc4ccccc4c3c2)cc(N(c2cccc(-c3cccc4ccccc34)c2)c2cccc3oc4c5ccccc5ccc4c23)c1. The van der Waals surface area contributed by atoms with Crippen LogP contribution in [0.1, 0.15) is 0 Å². The van der Waals surface area contributed by atoms with E-state index in [9.17, 15) is 0 Å². The molecule has 0 bridgehead atoms. The van der Waals surface area contributed by atoms with E-state index in [0.29, 0.717) is 0 Å². The Bertz CT molecular complexity index is 3200. The summed E-state index contributed by atoms with van der Waals surface area (Å²) in [4.78, 5) is 2.39. The van der Waals surface area contributed by atoms with Gasteiger partial charge in [-0.15, -0.1) is 0 Å². The van der Waals surface area contributed by atoms with Gasteiger partial charge in [-0.25, -0.2) is 0 Å². The Morgan fingerprint density at radius 3 is 1.83 bits per heavy atom. The third kappa shape index (κ3) is 4.75. The fourth-order valence-electron chi connectivity index (χ4n) is 8.17. The molecule has 3 heteroatoms. The number of benzene rings is 9. The fraction of sp³-hybridized carbons (Fsp3) is 0. The summed E-state index contributed by atoms with van der Waals surface area (Å²) in [6, 6.07) is 66.9. The highest BCUT2D eigenvalue weighted by Crippen LogP contribution is 2.46. The van der Waals surface area contributed by atoms with Crippen molar-refractivity contribution in [1.29, 1.82) is 0 Å². The number of hydrogen-bond donors (Lipinski definition) is 0. The second kappa shape index (κ2) is 11.7. The van der Waals surface area contributed by atoms with Crippen LogP contribution in [0.15, 0.2) is 197 Å². The van der Waals surface area contributed by atoms with E-state index < -0.39 is 0 Å². The van der Waals surface area contributed by atoms with Gasteiger partial charge in [-0.1, -0.05) is 127 Å². The Hall–Kier alpha value is -7.10. The van der Waals surface area contributed by atoms with E-state index in [4.69, 9.17) is 8.83 Å². The van der Waals surface area contributed by atoms with Gasteiger partial charge < -0.3 is 13.7 Å². The minimum atomic E-state index is 0.859. The molecule has 0 amide bonds. The van der Waals surface area contributed by atoms with Crippen LogP contribution >= 0.6 is 0 Å². The van der Waals surface area contributed by atoms with Crippen LogP contribution in [0, 0.1) is 0 Å². The van der Waals surface area contributed by atoms with Crippen LogP contribution in [-0.2, 0) is 0 Å². The summed E-state index contributed by atoms with van der Waals surface area (Å²) in [6.07, 6.45) is 0. The number of rotatable bonds is 5. The number of furan rings is 2. The van der Waals surface area contributed by atoms with Gasteiger partial charge in [0.2, 0.25) is 0 Å². The summed E-state index contributed by atoms with van der Waals surface area (Å²) in [6.45, 7) is 0. The average molecular weight is 678 g/mol. The predicted molar refractivity (Wildman–Crippen MR) is 222 cm³/mol. The zero-order valence-electron chi connectivity index (χ0n) is 28.7. The van der Waals surface area contributed by atoms with Crippen molar-refractivity contribution in [1.82, 2.24) is 0 Å². The monoisotopic (exact) mass is 677 g/mol. The Kier molecular flexibility index (Phi) is 6.55. The topological polar surface area (TPSA) is 29.5 Å².